The van der Waals surface area contributed by atoms with Gasteiger partial charge in [0.25, 0.3) is 0 Å². The lowest BCUT2D eigenvalue weighted by molar-refractivity contribution is -0.148. The van der Waals surface area contributed by atoms with Crippen molar-refractivity contribution < 1.29 is 14.6 Å². The largest absolute Gasteiger partial charge is 0.487 e. The van der Waals surface area contributed by atoms with E-state index in [1.807, 2.05) is 36.4 Å². The number of anilines is 1. The third-order valence-electron chi connectivity index (χ3n) is 9.35. The van der Waals surface area contributed by atoms with Crippen molar-refractivity contribution in [1.29, 1.82) is 0 Å². The van der Waals surface area contributed by atoms with Gasteiger partial charge in [0.15, 0.2) is 0 Å². The van der Waals surface area contributed by atoms with Gasteiger partial charge in [-0.15, -0.1) is 0 Å². The summed E-state index contributed by atoms with van der Waals surface area (Å²) in [6.45, 7) is 3.24. The summed E-state index contributed by atoms with van der Waals surface area (Å²) in [7, 11) is 0. The van der Waals surface area contributed by atoms with Crippen LogP contribution in [0.2, 0.25) is 0 Å². The first-order valence-corrected chi connectivity index (χ1v) is 15.6. The van der Waals surface area contributed by atoms with Crippen LogP contribution < -0.4 is 9.64 Å². The number of rotatable bonds is 9. The number of aliphatic carboxylic acids is 1. The number of piperidine rings is 1. The summed E-state index contributed by atoms with van der Waals surface area (Å²) < 4.78 is 8.38. The number of pyridine rings is 1. The van der Waals surface area contributed by atoms with E-state index in [9.17, 15) is 9.90 Å². The number of ether oxygens (including phenoxy) is 1. The van der Waals surface area contributed by atoms with E-state index in [4.69, 9.17) is 14.7 Å². The molecule has 0 bridgehead atoms. The highest BCUT2D eigenvalue weighted by molar-refractivity contribution is 5.80. The minimum absolute atomic E-state index is 0.357. The van der Waals surface area contributed by atoms with Crippen molar-refractivity contribution in [2.45, 2.75) is 64.5 Å². The molecular weight excluding hydrogens is 536 g/mol. The Kier molecular flexibility index (Phi) is 7.47. The Balaban J connectivity index is 1.17. The number of hydrogen-bond donors (Lipinski definition) is 1. The van der Waals surface area contributed by atoms with Gasteiger partial charge in [0.2, 0.25) is 0 Å². The molecule has 0 unspecified atom stereocenters. The zero-order valence-electron chi connectivity index (χ0n) is 24.5. The zero-order valence-corrected chi connectivity index (χ0v) is 24.5. The normalized spacial score (nSPS) is 16.6. The van der Waals surface area contributed by atoms with Crippen molar-refractivity contribution in [1.82, 2.24) is 14.5 Å². The second-order valence-electron chi connectivity index (χ2n) is 12.2. The summed E-state index contributed by atoms with van der Waals surface area (Å²) in [5, 5.41) is 11.4. The molecule has 1 saturated heterocycles. The van der Waals surface area contributed by atoms with E-state index in [1.165, 1.54) is 30.5 Å². The van der Waals surface area contributed by atoms with Crippen LogP contribution in [0, 0.1) is 5.41 Å². The van der Waals surface area contributed by atoms with Crippen molar-refractivity contribution >= 4 is 33.6 Å². The van der Waals surface area contributed by atoms with E-state index in [1.54, 1.807) is 0 Å². The number of carboxylic acids is 1. The van der Waals surface area contributed by atoms with Crippen LogP contribution in [0.4, 0.5) is 5.69 Å². The summed E-state index contributed by atoms with van der Waals surface area (Å²) in [5.74, 6) is 0.840. The number of carboxylic acid groups (broad SMARTS) is 1. The third kappa shape index (κ3) is 5.68. The standard InChI is InChI=1S/C36H38N4O3/c41-35(42)36(18-4-5-19-36)23-34-38-32-22-30(43-25-28-13-12-27-8-2-3-9-31(27)37-28)16-17-33(32)40(34)24-26-10-14-29(15-11-26)39-20-6-1-7-21-39/h2-3,8-17,22H,1,4-7,18-21,23-25H2,(H,41,42). The topological polar surface area (TPSA) is 80.5 Å². The number of carbonyl (C=O) groups is 1. The van der Waals surface area contributed by atoms with Crippen LogP contribution in [0.25, 0.3) is 21.9 Å². The molecule has 3 aromatic carbocycles. The fourth-order valence-corrected chi connectivity index (χ4v) is 6.87. The Hall–Kier alpha value is -4.39. The number of para-hydroxylation sites is 1. The number of aromatic nitrogens is 3. The predicted octanol–water partition coefficient (Wildman–Crippen LogP) is 7.39. The fourth-order valence-electron chi connectivity index (χ4n) is 6.87. The van der Waals surface area contributed by atoms with Crippen molar-refractivity contribution in [2.75, 3.05) is 18.0 Å². The summed E-state index contributed by atoms with van der Waals surface area (Å²) in [6, 6.07) is 27.0. The average molecular weight is 575 g/mol. The van der Waals surface area contributed by atoms with E-state index >= 15 is 0 Å². The maximum atomic E-state index is 12.5. The van der Waals surface area contributed by atoms with Crippen LogP contribution in [-0.2, 0) is 24.4 Å². The van der Waals surface area contributed by atoms with E-state index in [0.29, 0.717) is 32.4 Å². The third-order valence-corrected chi connectivity index (χ3v) is 9.35. The van der Waals surface area contributed by atoms with Crippen LogP contribution in [-0.4, -0.2) is 38.7 Å². The molecule has 0 atom stereocenters. The molecule has 43 heavy (non-hydrogen) atoms. The molecule has 7 nitrogen and oxygen atoms in total. The zero-order chi connectivity index (χ0) is 29.2. The molecule has 0 radical (unpaired) electrons. The molecule has 7 heteroatoms. The highest BCUT2D eigenvalue weighted by atomic mass is 16.5. The predicted molar refractivity (Wildman–Crippen MR) is 170 cm³/mol. The van der Waals surface area contributed by atoms with E-state index in [0.717, 1.165) is 65.1 Å². The molecule has 7 rings (SSSR count). The first-order chi connectivity index (χ1) is 21.1. The van der Waals surface area contributed by atoms with Crippen molar-refractivity contribution in [2.24, 2.45) is 5.41 Å². The summed E-state index contributed by atoms with van der Waals surface area (Å²) in [4.78, 5) is 24.7. The van der Waals surface area contributed by atoms with Crippen LogP contribution >= 0.6 is 0 Å². The van der Waals surface area contributed by atoms with Gasteiger partial charge in [-0.1, -0.05) is 49.2 Å². The molecule has 1 saturated carbocycles. The molecule has 1 aliphatic heterocycles. The van der Waals surface area contributed by atoms with Crippen molar-refractivity contribution in [3.05, 3.63) is 95.9 Å². The molecule has 5 aromatic rings. The highest BCUT2D eigenvalue weighted by Crippen LogP contribution is 2.42. The second-order valence-corrected chi connectivity index (χ2v) is 12.2. The van der Waals surface area contributed by atoms with Gasteiger partial charge in [0.1, 0.15) is 18.2 Å². The number of nitrogens with zero attached hydrogens (tertiary/aromatic N) is 4. The van der Waals surface area contributed by atoms with E-state index in [2.05, 4.69) is 51.9 Å². The summed E-state index contributed by atoms with van der Waals surface area (Å²) in [5.41, 5.74) is 5.33. The van der Waals surface area contributed by atoms with E-state index < -0.39 is 11.4 Å². The molecule has 2 fully saturated rings. The molecule has 1 aliphatic carbocycles. The van der Waals surface area contributed by atoms with Gasteiger partial charge in [0, 0.05) is 43.2 Å². The Morgan fingerprint density at radius 1 is 0.837 bits per heavy atom. The van der Waals surface area contributed by atoms with Gasteiger partial charge in [-0.3, -0.25) is 4.79 Å². The fraction of sp³-hybridized carbons (Fsp3) is 0.361. The lowest BCUT2D eigenvalue weighted by atomic mass is 9.82. The minimum Gasteiger partial charge on any atom is -0.487 e. The lowest BCUT2D eigenvalue weighted by Gasteiger charge is -2.29. The molecule has 3 heterocycles. The van der Waals surface area contributed by atoms with E-state index in [-0.39, 0.29) is 0 Å². The van der Waals surface area contributed by atoms with Crippen molar-refractivity contribution in [3.8, 4) is 5.75 Å². The van der Waals surface area contributed by atoms with Gasteiger partial charge >= 0.3 is 5.97 Å². The Morgan fingerprint density at radius 2 is 1.63 bits per heavy atom. The van der Waals surface area contributed by atoms with Gasteiger partial charge < -0.3 is 19.3 Å². The van der Waals surface area contributed by atoms with Crippen molar-refractivity contribution in [3.63, 3.8) is 0 Å². The minimum atomic E-state index is -0.752. The van der Waals surface area contributed by atoms with Crippen LogP contribution in [0.15, 0.2) is 78.9 Å². The molecule has 0 amide bonds. The first kappa shape index (κ1) is 27.4. The highest BCUT2D eigenvalue weighted by Gasteiger charge is 2.42. The second kappa shape index (κ2) is 11.7. The molecule has 1 N–H and O–H groups in total. The summed E-state index contributed by atoms with van der Waals surface area (Å²) in [6.07, 6.45) is 7.54. The molecule has 2 aromatic heterocycles. The quantitative estimate of drug-likeness (QED) is 0.198. The SMILES string of the molecule is O=C(O)C1(Cc2nc3cc(OCc4ccc5ccccc5n4)ccc3n2Cc2ccc(N3CCCCC3)cc2)CCCC1. The monoisotopic (exact) mass is 574 g/mol. The number of imidazole rings is 1. The van der Waals surface area contributed by atoms with Gasteiger partial charge in [0.05, 0.1) is 27.7 Å². The number of benzene rings is 3. The lowest BCUT2D eigenvalue weighted by Crippen LogP contribution is -2.31. The molecule has 2 aliphatic rings. The Morgan fingerprint density at radius 3 is 2.42 bits per heavy atom. The van der Waals surface area contributed by atoms with Crippen LogP contribution in [0.3, 0.4) is 0 Å². The Labute approximate surface area is 252 Å². The number of hydrogen-bond acceptors (Lipinski definition) is 5. The molecule has 220 valence electrons. The number of fused-ring (bicyclic) bond motifs is 2. The summed E-state index contributed by atoms with van der Waals surface area (Å²) >= 11 is 0. The average Bonchev–Trinajstić information content (AvgIpc) is 3.66. The molecule has 0 spiro atoms. The first-order valence-electron chi connectivity index (χ1n) is 15.6. The van der Waals surface area contributed by atoms with Gasteiger partial charge in [-0.25, -0.2) is 9.97 Å². The molecular formula is C36H38N4O3. The maximum absolute atomic E-state index is 12.5. The van der Waals surface area contributed by atoms with Gasteiger partial charge in [-0.2, -0.15) is 0 Å². The maximum Gasteiger partial charge on any atom is 0.310 e. The van der Waals surface area contributed by atoms with Crippen LogP contribution in [0.1, 0.15) is 62.0 Å². The van der Waals surface area contributed by atoms with Gasteiger partial charge in [-0.05, 0) is 74.1 Å². The van der Waals surface area contributed by atoms with Crippen LogP contribution in [0.5, 0.6) is 5.75 Å². The smallest absolute Gasteiger partial charge is 0.310 e. The Bertz CT molecular complexity index is 1750.